The van der Waals surface area contributed by atoms with Gasteiger partial charge in [-0.25, -0.2) is 4.79 Å². The van der Waals surface area contributed by atoms with E-state index in [1.165, 1.54) is 0 Å². The van der Waals surface area contributed by atoms with Gasteiger partial charge in [0.2, 0.25) is 47.7 Å². The number of rotatable bonds is 23. The minimum Gasteiger partial charge on any atom is -0.479 e. The molecule has 0 saturated heterocycles. The van der Waals surface area contributed by atoms with E-state index in [0.717, 1.165) is 74.1 Å². The molecule has 0 saturated carbocycles. The lowest BCUT2D eigenvalue weighted by Gasteiger charge is -2.23. The minimum atomic E-state index is -2.20. The van der Waals surface area contributed by atoms with Crippen LogP contribution in [0.2, 0.25) is 20.1 Å². The molecule has 4 aromatic carbocycles. The number of aliphatic hydroxyl groups excluding tert-OH is 5. The first kappa shape index (κ1) is 72.3. The van der Waals surface area contributed by atoms with Crippen LogP contribution in [0.5, 0.6) is 0 Å². The van der Waals surface area contributed by atoms with E-state index in [9.17, 15) is 4.79 Å². The molecule has 0 bridgehead atoms. The van der Waals surface area contributed by atoms with Crippen LogP contribution in [-0.2, 0) is 4.79 Å². The van der Waals surface area contributed by atoms with E-state index in [4.69, 9.17) is 123 Å². The number of halogens is 4. The van der Waals surface area contributed by atoms with Crippen molar-refractivity contribution in [2.75, 3.05) is 54.1 Å². The SMILES string of the molecule is C.NC(=NCCCCCCN=C(N)N=C(N)Nc1ccc(Cl)cc1)N=C(N)Nc1ccc(Cl)cc1.NC(=NCCCCCCN=C(N)N=C(N)Nc1ccc(Cl)cc1)N=C(N)Nc1ccc(Cl)cc1.O=C(O)C(O)C(O)C(O)C(O)CO. The Hall–Kier alpha value is -7.73. The summed E-state index contributed by atoms with van der Waals surface area (Å²) in [5.41, 5.74) is 49.5. The molecule has 4 unspecified atom stereocenters. The predicted octanol–water partition coefficient (Wildman–Crippen LogP) is 3.82. The van der Waals surface area contributed by atoms with Gasteiger partial charge >= 0.3 is 5.97 Å². The summed E-state index contributed by atoms with van der Waals surface area (Å²) in [5.74, 6) is -0.597. The summed E-state index contributed by atoms with van der Waals surface area (Å²) < 4.78 is 0. The fourth-order valence-electron chi connectivity index (χ4n) is 6.07. The predicted molar refractivity (Wildman–Crippen MR) is 335 cm³/mol. The molecule has 0 aromatic heterocycles. The average molecular weight is 1220 g/mol. The Labute approximate surface area is 496 Å². The number of carbonyl (C=O) groups is 1. The minimum absolute atomic E-state index is 0. The summed E-state index contributed by atoms with van der Waals surface area (Å²) >= 11 is 23.4. The summed E-state index contributed by atoms with van der Waals surface area (Å²) in [6.45, 7) is 1.40. The number of anilines is 4. The molecule has 0 fully saturated rings. The van der Waals surface area contributed by atoms with Crippen molar-refractivity contribution < 1.29 is 35.4 Å². The van der Waals surface area contributed by atoms with E-state index in [-0.39, 0.29) is 55.1 Å². The maximum Gasteiger partial charge on any atom is 0.335 e. The number of guanidine groups is 8. The third kappa shape index (κ3) is 33.8. The summed E-state index contributed by atoms with van der Waals surface area (Å²) in [5, 5.41) is 66.0. The normalized spacial score (nSPS) is 14.1. The largest absolute Gasteiger partial charge is 0.479 e. The Kier molecular flexibility index (Phi) is 36.4. The molecule has 0 aliphatic rings. The highest BCUT2D eigenvalue weighted by molar-refractivity contribution is 6.31. The van der Waals surface area contributed by atoms with Crippen LogP contribution in [0.3, 0.4) is 0 Å². The Morgan fingerprint density at radius 1 is 0.402 bits per heavy atom. The second-order valence-corrected chi connectivity index (χ2v) is 18.6. The van der Waals surface area contributed by atoms with E-state index in [2.05, 4.69) is 61.2 Å². The Morgan fingerprint density at radius 3 is 0.817 bits per heavy atom. The fourth-order valence-corrected chi connectivity index (χ4v) is 6.57. The van der Waals surface area contributed by atoms with Gasteiger partial charge in [-0.1, -0.05) is 79.5 Å². The van der Waals surface area contributed by atoms with Crippen LogP contribution in [-0.4, -0.2) is 141 Å². The number of carboxylic acid groups (broad SMARTS) is 1. The standard InChI is InChI=1S/2C22H30Cl2N10.C6H12O7.CH4/c2*23-15-5-9-17(10-6-15)31-21(27)33-19(25)29-13-3-1-2-4-14-30-20(26)34-22(28)32-18-11-7-16(24)8-12-18;7-1-2(8)3(9)4(10)5(11)6(12)13;/h2*5-12H,1-4,13-14H2,(H5,25,27,29,31,33)(H5,26,28,30,32,34);2-5,7-11H,1H2,(H,12,13);1H4. The molecule has 27 nitrogen and oxygen atoms in total. The van der Waals surface area contributed by atoms with Crippen LogP contribution in [0.25, 0.3) is 0 Å². The molecule has 450 valence electrons. The molecular formula is C51H76Cl4N20O7. The van der Waals surface area contributed by atoms with Crippen molar-refractivity contribution in [1.82, 2.24) is 0 Å². The highest BCUT2D eigenvalue weighted by Crippen LogP contribution is 2.16. The maximum atomic E-state index is 10.1. The van der Waals surface area contributed by atoms with Crippen molar-refractivity contribution >= 4 is 123 Å². The fraction of sp³-hybridized carbons (Fsp3) is 0.353. The number of nitrogens with zero attached hydrogens (tertiary/aromatic N) is 8. The summed E-state index contributed by atoms with van der Waals surface area (Å²) in [6.07, 6.45) is -0.472. The lowest BCUT2D eigenvalue weighted by Crippen LogP contribution is -2.48. The van der Waals surface area contributed by atoms with Crippen molar-refractivity contribution in [3.63, 3.8) is 0 Å². The van der Waals surface area contributed by atoms with Crippen molar-refractivity contribution in [3.05, 3.63) is 117 Å². The Bertz CT molecular complexity index is 2400. The van der Waals surface area contributed by atoms with Crippen molar-refractivity contribution in [3.8, 4) is 0 Å². The topological polar surface area (TPSA) is 494 Å². The van der Waals surface area contributed by atoms with Gasteiger partial charge in [0.15, 0.2) is 6.10 Å². The number of aliphatic imine (C=N–C) groups is 8. The molecular weight excluding hydrogens is 1150 g/mol. The van der Waals surface area contributed by atoms with Gasteiger partial charge in [-0.3, -0.25) is 20.0 Å². The number of hydrogen-bond acceptors (Lipinski definition) is 10. The number of nitrogens with one attached hydrogen (secondary N) is 4. The van der Waals surface area contributed by atoms with Gasteiger partial charge in [0, 0.05) is 69.0 Å². The van der Waals surface area contributed by atoms with Crippen molar-refractivity contribution in [1.29, 1.82) is 0 Å². The number of aliphatic hydroxyl groups is 5. The lowest BCUT2D eigenvalue weighted by atomic mass is 10.0. The van der Waals surface area contributed by atoms with Gasteiger partial charge < -0.3 is 97.8 Å². The number of unbranched alkanes of at least 4 members (excludes halogenated alkanes) is 6. The van der Waals surface area contributed by atoms with Crippen LogP contribution in [0.1, 0.15) is 58.8 Å². The maximum absolute atomic E-state index is 10.1. The summed E-state index contributed by atoms with van der Waals surface area (Å²) in [4.78, 5) is 43.0. The summed E-state index contributed by atoms with van der Waals surface area (Å²) in [6, 6.07) is 28.3. The first-order chi connectivity index (χ1) is 38.5. The quantitative estimate of drug-likeness (QED) is 0.0285. The molecule has 4 rings (SSSR count). The molecule has 4 aromatic rings. The number of nitrogens with two attached hydrogens (primary N) is 8. The smallest absolute Gasteiger partial charge is 0.335 e. The van der Waals surface area contributed by atoms with E-state index in [0.29, 0.717) is 46.3 Å². The molecule has 82 heavy (non-hydrogen) atoms. The highest BCUT2D eigenvalue weighted by atomic mass is 35.5. The second kappa shape index (κ2) is 41.3. The average Bonchev–Trinajstić information content (AvgIpc) is 3.42. The van der Waals surface area contributed by atoms with Crippen LogP contribution in [0.15, 0.2) is 137 Å². The zero-order valence-electron chi connectivity index (χ0n) is 44.0. The highest BCUT2D eigenvalue weighted by Gasteiger charge is 2.33. The third-order valence-corrected chi connectivity index (χ3v) is 11.1. The number of carboxylic acids is 1. The second-order valence-electron chi connectivity index (χ2n) is 16.8. The molecule has 4 atom stereocenters. The van der Waals surface area contributed by atoms with Gasteiger partial charge in [-0.15, -0.1) is 0 Å². The Balaban J connectivity index is 0.000000669. The molecule has 0 aliphatic carbocycles. The van der Waals surface area contributed by atoms with Crippen molar-refractivity contribution in [2.45, 2.75) is 83.2 Å². The number of aliphatic carboxylic acids is 1. The molecule has 0 radical (unpaired) electrons. The van der Waals surface area contributed by atoms with Gasteiger partial charge in [0.25, 0.3) is 0 Å². The Morgan fingerprint density at radius 2 is 0.622 bits per heavy atom. The summed E-state index contributed by atoms with van der Waals surface area (Å²) in [7, 11) is 0. The van der Waals surface area contributed by atoms with E-state index < -0.39 is 37.0 Å². The van der Waals surface area contributed by atoms with Crippen LogP contribution >= 0.6 is 46.4 Å². The third-order valence-electron chi connectivity index (χ3n) is 10.1. The van der Waals surface area contributed by atoms with Gasteiger partial charge in [-0.2, -0.15) is 20.0 Å². The lowest BCUT2D eigenvalue weighted by molar-refractivity contribution is -0.164. The number of benzene rings is 4. The zero-order valence-corrected chi connectivity index (χ0v) is 47.1. The first-order valence-electron chi connectivity index (χ1n) is 24.8. The molecule has 26 N–H and O–H groups in total. The van der Waals surface area contributed by atoms with Gasteiger partial charge in [-0.05, 0) is 123 Å². The van der Waals surface area contributed by atoms with E-state index >= 15 is 0 Å². The number of hydrogen-bond donors (Lipinski definition) is 18. The zero-order chi connectivity index (χ0) is 60.1. The van der Waals surface area contributed by atoms with E-state index in [1.54, 1.807) is 97.1 Å². The van der Waals surface area contributed by atoms with Crippen LogP contribution < -0.4 is 67.1 Å². The van der Waals surface area contributed by atoms with Gasteiger partial charge in [0.1, 0.15) is 18.3 Å². The first-order valence-corrected chi connectivity index (χ1v) is 26.3. The van der Waals surface area contributed by atoms with Gasteiger partial charge in [0.05, 0.1) is 6.61 Å². The molecule has 0 heterocycles. The van der Waals surface area contributed by atoms with Crippen molar-refractivity contribution in [2.24, 2.45) is 85.8 Å². The molecule has 0 aliphatic heterocycles. The van der Waals surface area contributed by atoms with Crippen LogP contribution in [0, 0.1) is 0 Å². The van der Waals surface area contributed by atoms with Crippen LogP contribution in [0.4, 0.5) is 22.7 Å². The molecule has 31 heteroatoms. The molecule has 0 spiro atoms. The monoisotopic (exact) mass is 1220 g/mol. The van der Waals surface area contributed by atoms with E-state index in [1.807, 2.05) is 0 Å². The molecule has 0 amide bonds.